The van der Waals surface area contributed by atoms with E-state index in [1.54, 1.807) is 6.92 Å². The van der Waals surface area contributed by atoms with Crippen molar-refractivity contribution in [3.05, 3.63) is 32.6 Å². The lowest BCUT2D eigenvalue weighted by atomic mass is 9.91. The maximum Gasteiger partial charge on any atom is 0.328 e. The number of aromatic nitrogens is 2. The Morgan fingerprint density at radius 3 is 2.69 bits per heavy atom. The fourth-order valence-electron chi connectivity index (χ4n) is 1.24. The third-order valence-corrected chi connectivity index (χ3v) is 2.47. The Bertz CT molecular complexity index is 531. The van der Waals surface area contributed by atoms with Gasteiger partial charge in [-0.3, -0.25) is 9.78 Å². The maximum absolute atomic E-state index is 11.4. The molecule has 1 aromatic heterocycles. The number of aryl methyl sites for hydroxylation is 2. The van der Waals surface area contributed by atoms with Crippen LogP contribution in [0.2, 0.25) is 0 Å². The maximum atomic E-state index is 11.4. The van der Waals surface area contributed by atoms with E-state index in [0.29, 0.717) is 18.5 Å². The highest BCUT2D eigenvalue weighted by atomic mass is 16.2. The van der Waals surface area contributed by atoms with Gasteiger partial charge in [-0.05, 0) is 27.2 Å². The van der Waals surface area contributed by atoms with Gasteiger partial charge < -0.3 is 4.57 Å². The minimum atomic E-state index is -0.469. The minimum Gasteiger partial charge on any atom is -0.300 e. The lowest BCUT2D eigenvalue weighted by molar-refractivity contribution is 0.406. The van der Waals surface area contributed by atoms with Crippen molar-refractivity contribution in [1.82, 2.24) is 9.55 Å². The molecule has 16 heavy (non-hydrogen) atoms. The van der Waals surface area contributed by atoms with E-state index < -0.39 is 11.1 Å². The fourth-order valence-corrected chi connectivity index (χ4v) is 1.24. The molecule has 0 fully saturated rings. The van der Waals surface area contributed by atoms with Crippen LogP contribution < -0.4 is 11.2 Å². The van der Waals surface area contributed by atoms with Crippen molar-refractivity contribution in [2.45, 2.75) is 33.7 Å². The van der Waals surface area contributed by atoms with Crippen molar-refractivity contribution < 1.29 is 0 Å². The lowest BCUT2D eigenvalue weighted by Gasteiger charge is -2.15. The summed E-state index contributed by atoms with van der Waals surface area (Å²) >= 11 is 0. The van der Waals surface area contributed by atoms with E-state index in [9.17, 15) is 9.59 Å². The standard InChI is InChI=1S/C11H15N3O2/c1-8-6-14(10(16)13-9(8)15)5-4-11(2,3)7-12/h6H,4-5H2,1-3H3,(H,13,15,16). The molecule has 0 saturated heterocycles. The Balaban J connectivity index is 2.93. The Labute approximate surface area is 93.4 Å². The van der Waals surface area contributed by atoms with E-state index in [-0.39, 0.29) is 5.56 Å². The molecule has 86 valence electrons. The van der Waals surface area contributed by atoms with Gasteiger partial charge in [0.15, 0.2) is 0 Å². The summed E-state index contributed by atoms with van der Waals surface area (Å²) < 4.78 is 1.43. The summed E-state index contributed by atoms with van der Waals surface area (Å²) in [5.74, 6) is 0. The van der Waals surface area contributed by atoms with Gasteiger partial charge in [-0.2, -0.15) is 5.26 Å². The summed E-state index contributed by atoms with van der Waals surface area (Å²) in [4.78, 5) is 24.8. The second-order valence-corrected chi connectivity index (χ2v) is 4.51. The molecule has 1 heterocycles. The third-order valence-electron chi connectivity index (χ3n) is 2.47. The first-order chi connectivity index (χ1) is 7.35. The van der Waals surface area contributed by atoms with Gasteiger partial charge >= 0.3 is 5.69 Å². The van der Waals surface area contributed by atoms with E-state index in [0.717, 1.165) is 0 Å². The van der Waals surface area contributed by atoms with Crippen LogP contribution in [0.25, 0.3) is 0 Å². The zero-order valence-electron chi connectivity index (χ0n) is 9.70. The SMILES string of the molecule is Cc1cn(CCC(C)(C)C#N)c(=O)[nH]c1=O. The first-order valence-electron chi connectivity index (χ1n) is 5.07. The van der Waals surface area contributed by atoms with Gasteiger partial charge in [-0.1, -0.05) is 0 Å². The smallest absolute Gasteiger partial charge is 0.300 e. The highest BCUT2D eigenvalue weighted by molar-refractivity contribution is 5.01. The Hall–Kier alpha value is -1.83. The second-order valence-electron chi connectivity index (χ2n) is 4.51. The molecule has 1 rings (SSSR count). The zero-order chi connectivity index (χ0) is 12.3. The molecule has 0 bridgehead atoms. The summed E-state index contributed by atoms with van der Waals surface area (Å²) in [6.07, 6.45) is 2.09. The molecule has 1 aromatic rings. The largest absolute Gasteiger partial charge is 0.328 e. The monoisotopic (exact) mass is 221 g/mol. The highest BCUT2D eigenvalue weighted by Crippen LogP contribution is 2.18. The molecule has 5 nitrogen and oxygen atoms in total. The number of aromatic amines is 1. The second kappa shape index (κ2) is 4.35. The summed E-state index contributed by atoms with van der Waals surface area (Å²) in [6, 6.07) is 2.17. The Kier molecular flexibility index (Phi) is 3.33. The molecule has 0 saturated carbocycles. The van der Waals surface area contributed by atoms with Crippen molar-refractivity contribution in [2.24, 2.45) is 5.41 Å². The molecule has 0 aliphatic rings. The van der Waals surface area contributed by atoms with E-state index in [2.05, 4.69) is 11.1 Å². The number of hydrogen-bond donors (Lipinski definition) is 1. The predicted molar refractivity (Wildman–Crippen MR) is 60.1 cm³/mol. The Morgan fingerprint density at radius 1 is 1.50 bits per heavy atom. The normalized spacial score (nSPS) is 11.1. The zero-order valence-corrected chi connectivity index (χ0v) is 9.70. The molecule has 0 aromatic carbocycles. The summed E-state index contributed by atoms with van der Waals surface area (Å²) in [6.45, 7) is 5.70. The van der Waals surface area contributed by atoms with Crippen LogP contribution in [0.15, 0.2) is 15.8 Å². The highest BCUT2D eigenvalue weighted by Gasteiger charge is 2.16. The lowest BCUT2D eigenvalue weighted by Crippen LogP contribution is -2.31. The van der Waals surface area contributed by atoms with Gasteiger partial charge in [0.1, 0.15) is 0 Å². The molecular weight excluding hydrogens is 206 g/mol. The topological polar surface area (TPSA) is 78.7 Å². The fraction of sp³-hybridized carbons (Fsp3) is 0.545. The van der Waals surface area contributed by atoms with Crippen molar-refractivity contribution in [1.29, 1.82) is 5.26 Å². The van der Waals surface area contributed by atoms with Crippen LogP contribution in [-0.2, 0) is 6.54 Å². The molecule has 0 radical (unpaired) electrons. The number of rotatable bonds is 3. The first kappa shape index (κ1) is 12.2. The quantitative estimate of drug-likeness (QED) is 0.819. The van der Waals surface area contributed by atoms with E-state index in [1.165, 1.54) is 10.8 Å². The molecule has 0 unspecified atom stereocenters. The average Bonchev–Trinajstić information content (AvgIpc) is 2.22. The van der Waals surface area contributed by atoms with E-state index in [1.807, 2.05) is 13.8 Å². The number of H-pyrrole nitrogens is 1. The molecular formula is C11H15N3O2. The number of nitriles is 1. The molecule has 0 aliphatic heterocycles. The van der Waals surface area contributed by atoms with Crippen LogP contribution >= 0.6 is 0 Å². The van der Waals surface area contributed by atoms with E-state index >= 15 is 0 Å². The molecule has 5 heteroatoms. The van der Waals surface area contributed by atoms with Crippen LogP contribution in [0.5, 0.6) is 0 Å². The summed E-state index contributed by atoms with van der Waals surface area (Å²) in [5, 5.41) is 8.84. The van der Waals surface area contributed by atoms with Gasteiger partial charge in [0, 0.05) is 18.3 Å². The van der Waals surface area contributed by atoms with Crippen molar-refractivity contribution >= 4 is 0 Å². The molecule has 0 amide bonds. The molecule has 0 spiro atoms. The molecule has 1 N–H and O–H groups in total. The van der Waals surface area contributed by atoms with Gasteiger partial charge in [0.25, 0.3) is 5.56 Å². The number of nitrogens with one attached hydrogen (secondary N) is 1. The van der Waals surface area contributed by atoms with Crippen LogP contribution in [0.1, 0.15) is 25.8 Å². The first-order valence-corrected chi connectivity index (χ1v) is 5.07. The average molecular weight is 221 g/mol. The van der Waals surface area contributed by atoms with Crippen LogP contribution in [0.4, 0.5) is 0 Å². The predicted octanol–water partition coefficient (Wildman–Crippen LogP) is 0.785. The van der Waals surface area contributed by atoms with Gasteiger partial charge in [0.05, 0.1) is 11.5 Å². The summed E-state index contributed by atoms with van der Waals surface area (Å²) in [7, 11) is 0. The number of hydrogen-bond acceptors (Lipinski definition) is 3. The van der Waals surface area contributed by atoms with Crippen LogP contribution in [0, 0.1) is 23.7 Å². The number of nitrogens with zero attached hydrogens (tertiary/aromatic N) is 2. The van der Waals surface area contributed by atoms with Gasteiger partial charge in [0.2, 0.25) is 0 Å². The minimum absolute atomic E-state index is 0.360. The van der Waals surface area contributed by atoms with E-state index in [4.69, 9.17) is 5.26 Å². The van der Waals surface area contributed by atoms with Crippen LogP contribution in [-0.4, -0.2) is 9.55 Å². The van der Waals surface area contributed by atoms with Crippen molar-refractivity contribution in [2.75, 3.05) is 0 Å². The van der Waals surface area contributed by atoms with Crippen LogP contribution in [0.3, 0.4) is 0 Å². The van der Waals surface area contributed by atoms with Gasteiger partial charge in [-0.25, -0.2) is 4.79 Å². The Morgan fingerprint density at radius 2 is 2.12 bits per heavy atom. The van der Waals surface area contributed by atoms with Gasteiger partial charge in [-0.15, -0.1) is 0 Å². The summed E-state index contributed by atoms with van der Waals surface area (Å²) in [5.41, 5.74) is -0.761. The molecule has 0 aliphatic carbocycles. The van der Waals surface area contributed by atoms with Crippen molar-refractivity contribution in [3.63, 3.8) is 0 Å². The third kappa shape index (κ3) is 2.83. The van der Waals surface area contributed by atoms with Crippen molar-refractivity contribution in [3.8, 4) is 6.07 Å². The molecule has 0 atom stereocenters.